The molecule has 0 unspecified atom stereocenters. The van der Waals surface area contributed by atoms with E-state index in [9.17, 15) is 0 Å². The summed E-state index contributed by atoms with van der Waals surface area (Å²) < 4.78 is 2.30. The lowest BCUT2D eigenvalue weighted by molar-refractivity contribution is 0.771. The van der Waals surface area contributed by atoms with E-state index < -0.39 is 0 Å². The molecule has 1 aliphatic heterocycles. The maximum atomic E-state index is 6.07. The average molecular weight is 336 g/mol. The first-order valence-electron chi connectivity index (χ1n) is 7.94. The van der Waals surface area contributed by atoms with Crippen LogP contribution in [0, 0.1) is 0 Å². The quantitative estimate of drug-likeness (QED) is 0.592. The summed E-state index contributed by atoms with van der Waals surface area (Å²) in [6.45, 7) is 1.03. The molecule has 5 nitrogen and oxygen atoms in total. The van der Waals surface area contributed by atoms with E-state index in [0.717, 1.165) is 58.7 Å². The number of hydrogen-bond donors (Lipinski definition) is 1. The van der Waals surface area contributed by atoms with Gasteiger partial charge in [-0.1, -0.05) is 17.7 Å². The Morgan fingerprint density at radius 3 is 2.96 bits per heavy atom. The van der Waals surface area contributed by atoms with Crippen molar-refractivity contribution >= 4 is 45.0 Å². The van der Waals surface area contributed by atoms with Crippen LogP contribution in [0.3, 0.4) is 0 Å². The van der Waals surface area contributed by atoms with Crippen LogP contribution in [0.5, 0.6) is 0 Å². The van der Waals surface area contributed by atoms with Crippen LogP contribution in [0.15, 0.2) is 42.7 Å². The van der Waals surface area contributed by atoms with Crippen LogP contribution in [0.4, 0.5) is 11.5 Å². The van der Waals surface area contributed by atoms with Gasteiger partial charge in [-0.25, -0.2) is 15.0 Å². The summed E-state index contributed by atoms with van der Waals surface area (Å²) >= 11 is 6.07. The minimum absolute atomic E-state index is 0.689. The highest BCUT2D eigenvalue weighted by Crippen LogP contribution is 2.30. The molecule has 0 atom stereocenters. The number of imidazole rings is 1. The molecule has 3 heterocycles. The number of fused-ring (bicyclic) bond motifs is 4. The molecule has 6 heteroatoms. The lowest BCUT2D eigenvalue weighted by Gasteiger charge is -2.09. The molecule has 4 aromatic rings. The summed E-state index contributed by atoms with van der Waals surface area (Å²) in [7, 11) is 0. The van der Waals surface area contributed by atoms with E-state index in [1.807, 2.05) is 30.3 Å². The van der Waals surface area contributed by atoms with E-state index in [4.69, 9.17) is 16.6 Å². The number of hydrogen-bond acceptors (Lipinski definition) is 4. The SMILES string of the molecule is Clc1cccc(Nc2ncnc3cc4nc5n(c4cc23)CCC5)c1. The lowest BCUT2D eigenvalue weighted by atomic mass is 10.2. The summed E-state index contributed by atoms with van der Waals surface area (Å²) in [6, 6.07) is 11.8. The summed E-state index contributed by atoms with van der Waals surface area (Å²) in [5.41, 5.74) is 3.95. The van der Waals surface area contributed by atoms with Crippen molar-refractivity contribution in [2.24, 2.45) is 0 Å². The first-order valence-corrected chi connectivity index (χ1v) is 8.32. The molecule has 0 radical (unpaired) electrons. The molecule has 1 N–H and O–H groups in total. The molecule has 24 heavy (non-hydrogen) atoms. The highest BCUT2D eigenvalue weighted by Gasteiger charge is 2.17. The van der Waals surface area contributed by atoms with Gasteiger partial charge in [0.1, 0.15) is 18.0 Å². The first kappa shape index (κ1) is 13.7. The fourth-order valence-electron chi connectivity index (χ4n) is 3.36. The normalized spacial score (nSPS) is 13.5. The van der Waals surface area contributed by atoms with Gasteiger partial charge in [0, 0.05) is 29.1 Å². The smallest absolute Gasteiger partial charge is 0.141 e. The van der Waals surface area contributed by atoms with Crippen LogP contribution in [0.25, 0.3) is 21.9 Å². The van der Waals surface area contributed by atoms with Crippen molar-refractivity contribution < 1.29 is 0 Å². The zero-order valence-corrected chi connectivity index (χ0v) is 13.6. The summed E-state index contributed by atoms with van der Waals surface area (Å²) in [5, 5.41) is 5.02. The summed E-state index contributed by atoms with van der Waals surface area (Å²) in [5.74, 6) is 1.94. The molecule has 0 fully saturated rings. The third-order valence-corrected chi connectivity index (χ3v) is 4.69. The predicted octanol–water partition coefficient (Wildman–Crippen LogP) is 4.32. The van der Waals surface area contributed by atoms with E-state index in [2.05, 4.69) is 25.9 Å². The van der Waals surface area contributed by atoms with Crippen LogP contribution in [0.2, 0.25) is 5.02 Å². The van der Waals surface area contributed by atoms with Crippen molar-refractivity contribution in [3.8, 4) is 0 Å². The third-order valence-electron chi connectivity index (χ3n) is 4.45. The van der Waals surface area contributed by atoms with Crippen LogP contribution < -0.4 is 5.32 Å². The Kier molecular flexibility index (Phi) is 2.97. The topological polar surface area (TPSA) is 55.6 Å². The number of anilines is 2. The maximum absolute atomic E-state index is 6.07. The second-order valence-electron chi connectivity index (χ2n) is 6.00. The van der Waals surface area contributed by atoms with Crippen molar-refractivity contribution in [3.63, 3.8) is 0 Å². The lowest BCUT2D eigenvalue weighted by Crippen LogP contribution is -1.97. The molecule has 0 saturated heterocycles. The zero-order valence-electron chi connectivity index (χ0n) is 12.8. The summed E-state index contributed by atoms with van der Waals surface area (Å²) in [6.07, 6.45) is 3.78. The maximum Gasteiger partial charge on any atom is 0.141 e. The molecule has 2 aromatic carbocycles. The van der Waals surface area contributed by atoms with E-state index in [0.29, 0.717) is 5.02 Å². The van der Waals surface area contributed by atoms with E-state index >= 15 is 0 Å². The number of rotatable bonds is 2. The molecule has 0 aliphatic carbocycles. The van der Waals surface area contributed by atoms with Gasteiger partial charge in [0.15, 0.2) is 0 Å². The van der Waals surface area contributed by atoms with Crippen LogP contribution in [-0.2, 0) is 13.0 Å². The summed E-state index contributed by atoms with van der Waals surface area (Å²) in [4.78, 5) is 13.6. The number of nitrogens with one attached hydrogen (secondary N) is 1. The van der Waals surface area contributed by atoms with E-state index in [1.54, 1.807) is 6.33 Å². The van der Waals surface area contributed by atoms with Gasteiger partial charge in [0.05, 0.1) is 16.6 Å². The van der Waals surface area contributed by atoms with Gasteiger partial charge in [-0.3, -0.25) is 0 Å². The van der Waals surface area contributed by atoms with Crippen molar-refractivity contribution in [1.29, 1.82) is 0 Å². The highest BCUT2D eigenvalue weighted by molar-refractivity contribution is 6.30. The number of benzene rings is 2. The molecular formula is C18H14ClN5. The molecule has 2 aromatic heterocycles. The van der Waals surface area contributed by atoms with Crippen molar-refractivity contribution in [3.05, 3.63) is 53.6 Å². The first-order chi connectivity index (χ1) is 11.8. The minimum atomic E-state index is 0.689. The Morgan fingerprint density at radius 1 is 1.08 bits per heavy atom. The van der Waals surface area contributed by atoms with Gasteiger partial charge < -0.3 is 9.88 Å². The Hall–Kier alpha value is -2.66. The number of aryl methyl sites for hydroxylation is 2. The molecule has 1 aliphatic rings. The Bertz CT molecular complexity index is 1090. The fourth-order valence-corrected chi connectivity index (χ4v) is 3.55. The van der Waals surface area contributed by atoms with E-state index in [-0.39, 0.29) is 0 Å². The Morgan fingerprint density at radius 2 is 2.04 bits per heavy atom. The molecule has 5 rings (SSSR count). The fraction of sp³-hybridized carbons (Fsp3) is 0.167. The molecular weight excluding hydrogens is 322 g/mol. The second-order valence-corrected chi connectivity index (χ2v) is 6.44. The van der Waals surface area contributed by atoms with Gasteiger partial charge in [-0.05, 0) is 36.8 Å². The largest absolute Gasteiger partial charge is 0.340 e. The van der Waals surface area contributed by atoms with Crippen molar-refractivity contribution in [1.82, 2.24) is 19.5 Å². The third kappa shape index (κ3) is 2.12. The number of aromatic nitrogens is 4. The Labute approximate surface area is 143 Å². The minimum Gasteiger partial charge on any atom is -0.340 e. The standard InChI is InChI=1S/C18H14ClN5/c19-11-3-1-4-12(7-11)22-18-13-8-16-15(9-14(13)20-10-21-18)23-17-5-2-6-24(16)17/h1,3-4,7-10H,2,5-6H2,(H,20,21,22). The highest BCUT2D eigenvalue weighted by atomic mass is 35.5. The molecule has 118 valence electrons. The van der Waals surface area contributed by atoms with E-state index in [1.165, 1.54) is 0 Å². The van der Waals surface area contributed by atoms with Gasteiger partial charge in [-0.15, -0.1) is 0 Å². The van der Waals surface area contributed by atoms with Gasteiger partial charge in [0.2, 0.25) is 0 Å². The molecule has 0 spiro atoms. The number of halogens is 1. The molecule has 0 amide bonds. The average Bonchev–Trinajstić information content (AvgIpc) is 3.14. The van der Waals surface area contributed by atoms with Crippen molar-refractivity contribution in [2.45, 2.75) is 19.4 Å². The molecule has 0 saturated carbocycles. The number of nitrogens with zero attached hydrogens (tertiary/aromatic N) is 4. The zero-order chi connectivity index (χ0) is 16.1. The van der Waals surface area contributed by atoms with Crippen LogP contribution in [0.1, 0.15) is 12.2 Å². The molecule has 0 bridgehead atoms. The van der Waals surface area contributed by atoms with Crippen LogP contribution in [-0.4, -0.2) is 19.5 Å². The van der Waals surface area contributed by atoms with Gasteiger partial charge in [0.25, 0.3) is 0 Å². The van der Waals surface area contributed by atoms with Gasteiger partial charge >= 0.3 is 0 Å². The second kappa shape index (κ2) is 5.18. The van der Waals surface area contributed by atoms with Gasteiger partial charge in [-0.2, -0.15) is 0 Å². The Balaban J connectivity index is 1.69. The van der Waals surface area contributed by atoms with Crippen LogP contribution >= 0.6 is 11.6 Å². The monoisotopic (exact) mass is 335 g/mol. The van der Waals surface area contributed by atoms with Crippen molar-refractivity contribution in [2.75, 3.05) is 5.32 Å². The predicted molar refractivity (Wildman–Crippen MR) is 95.9 cm³/mol.